The first kappa shape index (κ1) is 18.5. The molecular formula is C19H19ClN4O4. The van der Waals surface area contributed by atoms with Crippen molar-refractivity contribution in [1.82, 2.24) is 15.1 Å². The lowest BCUT2D eigenvalue weighted by molar-refractivity contribution is -0.121. The average Bonchev–Trinajstić information content (AvgIpc) is 3.37. The summed E-state index contributed by atoms with van der Waals surface area (Å²) >= 11 is 5.92. The lowest BCUT2D eigenvalue weighted by atomic mass is 9.96. The van der Waals surface area contributed by atoms with Gasteiger partial charge in [-0.3, -0.25) is 9.69 Å². The van der Waals surface area contributed by atoms with Crippen LogP contribution in [0.15, 0.2) is 45.4 Å². The molecule has 4 rings (SSSR count). The van der Waals surface area contributed by atoms with Gasteiger partial charge in [0.25, 0.3) is 5.89 Å². The number of nitrogens with zero attached hydrogens (tertiary/aromatic N) is 3. The number of rotatable bonds is 5. The number of phenolic OH excluding ortho intramolecular Hbond substituents is 1. The Morgan fingerprint density at radius 3 is 2.86 bits per heavy atom. The number of phenols is 1. The Morgan fingerprint density at radius 1 is 1.29 bits per heavy atom. The van der Waals surface area contributed by atoms with E-state index in [-0.39, 0.29) is 17.6 Å². The number of hydrogen-bond donors (Lipinski definition) is 2. The zero-order chi connectivity index (χ0) is 19.5. The van der Waals surface area contributed by atoms with Gasteiger partial charge in [0.05, 0.1) is 18.5 Å². The Balaban J connectivity index is 1.29. The smallest absolute Gasteiger partial charge is 0.283 e. The molecule has 0 bridgehead atoms. The minimum absolute atomic E-state index is 0.000981. The summed E-state index contributed by atoms with van der Waals surface area (Å²) < 4.78 is 10.9. The molecule has 28 heavy (non-hydrogen) atoms. The van der Waals surface area contributed by atoms with Crippen LogP contribution in [0.3, 0.4) is 0 Å². The molecule has 8 nitrogen and oxygen atoms in total. The van der Waals surface area contributed by atoms with Crippen LogP contribution in [0, 0.1) is 5.92 Å². The highest BCUT2D eigenvalue weighted by atomic mass is 35.5. The summed E-state index contributed by atoms with van der Waals surface area (Å²) in [5.74, 6) is 1.16. The van der Waals surface area contributed by atoms with E-state index in [0.29, 0.717) is 47.6 Å². The Morgan fingerprint density at radius 2 is 2.11 bits per heavy atom. The molecule has 9 heteroatoms. The summed E-state index contributed by atoms with van der Waals surface area (Å²) in [6.07, 6.45) is 2.96. The fourth-order valence-corrected chi connectivity index (χ4v) is 3.38. The van der Waals surface area contributed by atoms with Gasteiger partial charge in [-0.2, -0.15) is 0 Å². The summed E-state index contributed by atoms with van der Waals surface area (Å²) in [6.45, 7) is 1.99. The first-order valence-electron chi connectivity index (χ1n) is 8.96. The summed E-state index contributed by atoms with van der Waals surface area (Å²) in [5, 5.41) is 21.1. The third kappa shape index (κ3) is 4.18. The lowest BCUT2D eigenvalue weighted by Crippen LogP contribution is -2.37. The molecule has 0 radical (unpaired) electrons. The zero-order valence-electron chi connectivity index (χ0n) is 15.0. The Labute approximate surface area is 166 Å². The van der Waals surface area contributed by atoms with Gasteiger partial charge in [0.2, 0.25) is 11.8 Å². The largest absolute Gasteiger partial charge is 0.506 e. The molecule has 2 aromatic heterocycles. The van der Waals surface area contributed by atoms with Crippen LogP contribution in [-0.2, 0) is 11.3 Å². The lowest BCUT2D eigenvalue weighted by Gasteiger charge is -2.30. The molecule has 2 N–H and O–H groups in total. The molecule has 0 saturated carbocycles. The van der Waals surface area contributed by atoms with Crippen LogP contribution >= 0.6 is 11.6 Å². The number of piperidine rings is 1. The standard InChI is InChI=1S/C19H19ClN4O4/c20-13-3-4-15(25)14(10-13)21-18(26)12-5-7-24(8-6-12)11-17-22-23-19(28-17)16-2-1-9-27-16/h1-4,9-10,12,25H,5-8,11H2,(H,21,26). The Hall–Kier alpha value is -2.84. The van der Waals surface area contributed by atoms with Crippen LogP contribution in [0.25, 0.3) is 11.7 Å². The van der Waals surface area contributed by atoms with E-state index in [1.165, 1.54) is 12.1 Å². The normalized spacial score (nSPS) is 15.6. The van der Waals surface area contributed by atoms with Crippen molar-refractivity contribution < 1.29 is 18.7 Å². The van der Waals surface area contributed by atoms with Crippen molar-refractivity contribution in [3.8, 4) is 17.4 Å². The first-order valence-corrected chi connectivity index (χ1v) is 9.34. The van der Waals surface area contributed by atoms with Crippen LogP contribution in [0.2, 0.25) is 5.02 Å². The number of amides is 1. The molecule has 0 aliphatic carbocycles. The molecule has 0 unspecified atom stereocenters. The van der Waals surface area contributed by atoms with Gasteiger partial charge in [-0.1, -0.05) is 11.6 Å². The minimum atomic E-state index is -0.129. The number of carbonyl (C=O) groups excluding carboxylic acids is 1. The minimum Gasteiger partial charge on any atom is -0.506 e. The van der Waals surface area contributed by atoms with Crippen molar-refractivity contribution in [2.75, 3.05) is 18.4 Å². The van der Waals surface area contributed by atoms with E-state index in [4.69, 9.17) is 20.4 Å². The molecule has 0 spiro atoms. The number of anilines is 1. The van der Waals surface area contributed by atoms with Crippen molar-refractivity contribution in [2.24, 2.45) is 5.92 Å². The third-order valence-electron chi connectivity index (χ3n) is 4.73. The summed E-state index contributed by atoms with van der Waals surface area (Å²) in [6, 6.07) is 8.09. The molecule has 146 valence electrons. The van der Waals surface area contributed by atoms with E-state index in [2.05, 4.69) is 20.4 Å². The van der Waals surface area contributed by atoms with E-state index in [1.807, 2.05) is 0 Å². The number of benzene rings is 1. The topological polar surface area (TPSA) is 105 Å². The molecule has 1 aromatic carbocycles. The van der Waals surface area contributed by atoms with Crippen molar-refractivity contribution in [3.05, 3.63) is 47.5 Å². The van der Waals surface area contributed by atoms with E-state index in [1.54, 1.807) is 24.5 Å². The van der Waals surface area contributed by atoms with Gasteiger partial charge in [-0.05, 0) is 56.3 Å². The average molecular weight is 403 g/mol. The SMILES string of the molecule is O=C(Nc1cc(Cl)ccc1O)C1CCN(Cc2nnc(-c3ccco3)o2)CC1. The zero-order valence-corrected chi connectivity index (χ0v) is 15.7. The number of carbonyl (C=O) groups is 1. The predicted octanol–water partition coefficient (Wildman–Crippen LogP) is 3.54. The first-order chi connectivity index (χ1) is 13.6. The molecule has 0 atom stereocenters. The number of halogens is 1. The molecule has 1 fully saturated rings. The van der Waals surface area contributed by atoms with Crippen LogP contribution in [0.1, 0.15) is 18.7 Å². The molecule has 3 heterocycles. The fourth-order valence-electron chi connectivity index (χ4n) is 3.21. The maximum absolute atomic E-state index is 12.5. The third-order valence-corrected chi connectivity index (χ3v) is 4.97. The van der Waals surface area contributed by atoms with Crippen LogP contribution in [0.4, 0.5) is 5.69 Å². The van der Waals surface area contributed by atoms with Crippen LogP contribution in [0.5, 0.6) is 5.75 Å². The van der Waals surface area contributed by atoms with E-state index < -0.39 is 0 Å². The predicted molar refractivity (Wildman–Crippen MR) is 102 cm³/mol. The number of hydrogen-bond acceptors (Lipinski definition) is 7. The van der Waals surface area contributed by atoms with Gasteiger partial charge in [0.1, 0.15) is 5.75 Å². The summed E-state index contributed by atoms with van der Waals surface area (Å²) in [7, 11) is 0. The van der Waals surface area contributed by atoms with Crippen molar-refractivity contribution in [3.63, 3.8) is 0 Å². The quantitative estimate of drug-likeness (QED) is 0.629. The van der Waals surface area contributed by atoms with E-state index in [0.717, 1.165) is 13.1 Å². The number of aromatic nitrogens is 2. The molecule has 1 amide bonds. The molecular weight excluding hydrogens is 384 g/mol. The monoisotopic (exact) mass is 402 g/mol. The highest BCUT2D eigenvalue weighted by Crippen LogP contribution is 2.28. The second-order valence-electron chi connectivity index (χ2n) is 6.68. The summed E-state index contributed by atoms with van der Waals surface area (Å²) in [5.41, 5.74) is 0.330. The van der Waals surface area contributed by atoms with Gasteiger partial charge in [0, 0.05) is 10.9 Å². The van der Waals surface area contributed by atoms with Gasteiger partial charge in [-0.15, -0.1) is 10.2 Å². The van der Waals surface area contributed by atoms with E-state index in [9.17, 15) is 9.90 Å². The molecule has 1 saturated heterocycles. The number of likely N-dealkylation sites (tertiary alicyclic amines) is 1. The van der Waals surface area contributed by atoms with Gasteiger partial charge < -0.3 is 19.3 Å². The van der Waals surface area contributed by atoms with Crippen molar-refractivity contribution in [1.29, 1.82) is 0 Å². The maximum Gasteiger partial charge on any atom is 0.283 e. The van der Waals surface area contributed by atoms with Gasteiger partial charge >= 0.3 is 0 Å². The van der Waals surface area contributed by atoms with E-state index >= 15 is 0 Å². The highest BCUT2D eigenvalue weighted by Gasteiger charge is 2.26. The number of furan rings is 1. The second kappa shape index (κ2) is 8.04. The van der Waals surface area contributed by atoms with Gasteiger partial charge in [-0.25, -0.2) is 0 Å². The number of nitrogens with one attached hydrogen (secondary N) is 1. The molecule has 1 aliphatic heterocycles. The van der Waals surface area contributed by atoms with Crippen LogP contribution < -0.4 is 5.32 Å². The number of aromatic hydroxyl groups is 1. The van der Waals surface area contributed by atoms with Crippen LogP contribution in [-0.4, -0.2) is 39.2 Å². The van der Waals surface area contributed by atoms with Crippen molar-refractivity contribution in [2.45, 2.75) is 19.4 Å². The second-order valence-corrected chi connectivity index (χ2v) is 7.12. The fraction of sp³-hybridized carbons (Fsp3) is 0.316. The molecule has 1 aliphatic rings. The Kier molecular flexibility index (Phi) is 5.31. The summed E-state index contributed by atoms with van der Waals surface area (Å²) in [4.78, 5) is 14.7. The van der Waals surface area contributed by atoms with Crippen molar-refractivity contribution >= 4 is 23.2 Å². The maximum atomic E-state index is 12.5. The highest BCUT2D eigenvalue weighted by molar-refractivity contribution is 6.31. The molecule has 3 aromatic rings. The Bertz CT molecular complexity index is 949. The van der Waals surface area contributed by atoms with Gasteiger partial charge in [0.15, 0.2) is 5.76 Å².